The Hall–Kier alpha value is -0.300. The van der Waals surface area contributed by atoms with E-state index in [1.807, 2.05) is 0 Å². The zero-order chi connectivity index (χ0) is 8.10. The van der Waals surface area contributed by atoms with E-state index in [4.69, 9.17) is 5.73 Å². The maximum atomic E-state index is 5.41. The lowest BCUT2D eigenvalue weighted by Crippen LogP contribution is -2.10. The van der Waals surface area contributed by atoms with Gasteiger partial charge in [-0.1, -0.05) is 30.9 Å². The monoisotopic (exact) mass is 153 g/mol. The van der Waals surface area contributed by atoms with Gasteiger partial charge in [0.2, 0.25) is 0 Å². The van der Waals surface area contributed by atoms with Gasteiger partial charge in [-0.15, -0.1) is 0 Å². The van der Waals surface area contributed by atoms with Gasteiger partial charge in [-0.3, -0.25) is 0 Å². The summed E-state index contributed by atoms with van der Waals surface area (Å²) in [5.74, 6) is 1.00. The molecule has 0 aromatic rings. The average Bonchev–Trinajstić information content (AvgIpc) is 1.93. The van der Waals surface area contributed by atoms with Crippen molar-refractivity contribution in [3.63, 3.8) is 0 Å². The summed E-state index contributed by atoms with van der Waals surface area (Å²) in [6, 6.07) is 0. The molecule has 0 aliphatic heterocycles. The van der Waals surface area contributed by atoms with Gasteiger partial charge in [0.05, 0.1) is 0 Å². The molecular weight excluding hydrogens is 134 g/mol. The van der Waals surface area contributed by atoms with Gasteiger partial charge >= 0.3 is 0 Å². The van der Waals surface area contributed by atoms with Gasteiger partial charge in [0.15, 0.2) is 0 Å². The molecule has 0 saturated heterocycles. The number of hydrogen-bond donors (Lipinski definition) is 1. The molecule has 0 aromatic heterocycles. The first-order valence-corrected chi connectivity index (χ1v) is 4.68. The van der Waals surface area contributed by atoms with E-state index in [-0.39, 0.29) is 0 Å². The minimum absolute atomic E-state index is 0.794. The Labute approximate surface area is 69.7 Å². The van der Waals surface area contributed by atoms with Gasteiger partial charge in [-0.05, 0) is 32.2 Å². The number of nitrogens with two attached hydrogens (primary N) is 1. The molecular formula is C10H19N. The molecule has 0 unspecified atom stereocenters. The highest BCUT2D eigenvalue weighted by molar-refractivity contribution is 5.00. The lowest BCUT2D eigenvalue weighted by Gasteiger charge is -2.25. The van der Waals surface area contributed by atoms with Crippen LogP contribution < -0.4 is 5.73 Å². The molecule has 1 rings (SSSR count). The molecule has 0 atom stereocenters. The molecule has 0 amide bonds. The van der Waals surface area contributed by atoms with E-state index >= 15 is 0 Å². The van der Waals surface area contributed by atoms with E-state index < -0.39 is 0 Å². The Morgan fingerprint density at radius 3 is 2.73 bits per heavy atom. The maximum Gasteiger partial charge on any atom is -0.00425 e. The first-order valence-electron chi connectivity index (χ1n) is 4.68. The van der Waals surface area contributed by atoms with Crippen LogP contribution in [0, 0.1) is 5.92 Å². The molecule has 2 N–H and O–H groups in total. The quantitative estimate of drug-likeness (QED) is 0.617. The fraction of sp³-hybridized carbons (Fsp3) is 0.800. The Kier molecular flexibility index (Phi) is 3.64. The normalized spacial score (nSPS) is 20.0. The van der Waals surface area contributed by atoms with Crippen LogP contribution >= 0.6 is 0 Å². The van der Waals surface area contributed by atoms with E-state index in [1.165, 1.54) is 25.7 Å². The van der Waals surface area contributed by atoms with Crippen LogP contribution in [0.3, 0.4) is 0 Å². The minimum atomic E-state index is 0.794. The Bertz CT molecular complexity index is 134. The molecule has 1 aliphatic carbocycles. The molecule has 0 heterocycles. The maximum absolute atomic E-state index is 5.41. The van der Waals surface area contributed by atoms with Gasteiger partial charge in [-0.2, -0.15) is 0 Å². The van der Waals surface area contributed by atoms with Crippen molar-refractivity contribution in [2.75, 3.05) is 6.54 Å². The van der Waals surface area contributed by atoms with E-state index in [2.05, 4.69) is 13.0 Å². The number of hydrogen-bond acceptors (Lipinski definition) is 1. The first-order chi connectivity index (χ1) is 5.33. The lowest BCUT2D eigenvalue weighted by atomic mass is 9.81. The third kappa shape index (κ3) is 3.06. The molecule has 0 aromatic carbocycles. The smallest absolute Gasteiger partial charge is 0.00425 e. The van der Waals surface area contributed by atoms with Crippen molar-refractivity contribution in [3.05, 3.63) is 11.6 Å². The van der Waals surface area contributed by atoms with Crippen LogP contribution in [0.1, 0.15) is 39.0 Å². The van der Waals surface area contributed by atoms with Crippen molar-refractivity contribution in [2.45, 2.75) is 39.0 Å². The Morgan fingerprint density at radius 2 is 2.27 bits per heavy atom. The summed E-state index contributed by atoms with van der Waals surface area (Å²) in [6.07, 6.45) is 9.02. The van der Waals surface area contributed by atoms with Gasteiger partial charge < -0.3 is 5.73 Å². The van der Waals surface area contributed by atoms with Crippen molar-refractivity contribution in [1.82, 2.24) is 0 Å². The number of allylic oxidation sites excluding steroid dienone is 1. The molecule has 1 nitrogen and oxygen atoms in total. The van der Waals surface area contributed by atoms with Crippen LogP contribution in [0.25, 0.3) is 0 Å². The highest BCUT2D eigenvalue weighted by Crippen LogP contribution is 2.31. The largest absolute Gasteiger partial charge is 0.330 e. The van der Waals surface area contributed by atoms with Gasteiger partial charge in [0.1, 0.15) is 0 Å². The van der Waals surface area contributed by atoms with Crippen molar-refractivity contribution in [1.29, 1.82) is 0 Å². The van der Waals surface area contributed by atoms with Crippen LogP contribution in [-0.4, -0.2) is 6.54 Å². The summed E-state index contributed by atoms with van der Waals surface area (Å²) in [6.45, 7) is 3.02. The molecule has 1 heteroatoms. The summed E-state index contributed by atoms with van der Waals surface area (Å²) in [7, 11) is 0. The fourth-order valence-corrected chi connectivity index (χ4v) is 1.57. The topological polar surface area (TPSA) is 26.0 Å². The molecule has 11 heavy (non-hydrogen) atoms. The van der Waals surface area contributed by atoms with Crippen LogP contribution in [0.4, 0.5) is 0 Å². The van der Waals surface area contributed by atoms with E-state index in [9.17, 15) is 0 Å². The predicted molar refractivity (Wildman–Crippen MR) is 49.4 cm³/mol. The van der Waals surface area contributed by atoms with Crippen molar-refractivity contribution >= 4 is 0 Å². The molecule has 1 saturated carbocycles. The highest BCUT2D eigenvalue weighted by atomic mass is 14.5. The average molecular weight is 153 g/mol. The van der Waals surface area contributed by atoms with Crippen LogP contribution in [0.5, 0.6) is 0 Å². The second-order valence-corrected chi connectivity index (χ2v) is 3.63. The van der Waals surface area contributed by atoms with E-state index in [0.29, 0.717) is 0 Å². The zero-order valence-electron chi connectivity index (χ0n) is 7.47. The van der Waals surface area contributed by atoms with Gasteiger partial charge in [-0.25, -0.2) is 0 Å². The van der Waals surface area contributed by atoms with Gasteiger partial charge in [0.25, 0.3) is 0 Å². The minimum Gasteiger partial charge on any atom is -0.330 e. The van der Waals surface area contributed by atoms with Crippen molar-refractivity contribution in [2.24, 2.45) is 11.7 Å². The summed E-state index contributed by atoms with van der Waals surface area (Å²) >= 11 is 0. The molecule has 64 valence electrons. The van der Waals surface area contributed by atoms with E-state index in [1.54, 1.807) is 5.57 Å². The summed E-state index contributed by atoms with van der Waals surface area (Å²) in [5.41, 5.74) is 6.95. The van der Waals surface area contributed by atoms with Crippen LogP contribution in [-0.2, 0) is 0 Å². The zero-order valence-corrected chi connectivity index (χ0v) is 7.47. The summed E-state index contributed by atoms with van der Waals surface area (Å²) < 4.78 is 0. The molecule has 0 spiro atoms. The molecule has 1 fully saturated rings. The van der Waals surface area contributed by atoms with E-state index in [0.717, 1.165) is 18.9 Å². The Balaban J connectivity index is 2.12. The molecule has 0 radical (unpaired) electrons. The second kappa shape index (κ2) is 4.55. The summed E-state index contributed by atoms with van der Waals surface area (Å²) in [4.78, 5) is 0. The van der Waals surface area contributed by atoms with Crippen molar-refractivity contribution < 1.29 is 0 Å². The predicted octanol–water partition coefficient (Wildman–Crippen LogP) is 2.47. The van der Waals surface area contributed by atoms with Crippen molar-refractivity contribution in [3.8, 4) is 0 Å². The van der Waals surface area contributed by atoms with Gasteiger partial charge in [0, 0.05) is 0 Å². The van der Waals surface area contributed by atoms with Crippen LogP contribution in [0.2, 0.25) is 0 Å². The molecule has 1 aliphatic rings. The first kappa shape index (κ1) is 8.79. The second-order valence-electron chi connectivity index (χ2n) is 3.63. The fourth-order valence-electron chi connectivity index (χ4n) is 1.57. The highest BCUT2D eigenvalue weighted by Gasteiger charge is 2.16. The van der Waals surface area contributed by atoms with Crippen LogP contribution in [0.15, 0.2) is 11.6 Å². The third-order valence-electron chi connectivity index (χ3n) is 2.49. The molecule has 0 bridgehead atoms. The Morgan fingerprint density at radius 1 is 1.55 bits per heavy atom. The SMILES string of the molecule is CC(=CCCN)CC1CCC1. The standard InChI is InChI=1S/C10H19N/c1-9(4-3-7-11)8-10-5-2-6-10/h4,10H,2-3,5-8,11H2,1H3. The lowest BCUT2D eigenvalue weighted by molar-refractivity contribution is 0.313. The third-order valence-corrected chi connectivity index (χ3v) is 2.49. The number of rotatable bonds is 4. The summed E-state index contributed by atoms with van der Waals surface area (Å²) in [5, 5.41) is 0.